The van der Waals surface area contributed by atoms with Crippen LogP contribution in [0.3, 0.4) is 0 Å². The van der Waals surface area contributed by atoms with Crippen LogP contribution in [-0.2, 0) is 22.4 Å². The molecule has 7 heteroatoms. The van der Waals surface area contributed by atoms with Crippen LogP contribution in [0.1, 0.15) is 30.5 Å². The summed E-state index contributed by atoms with van der Waals surface area (Å²) < 4.78 is 22.4. The summed E-state index contributed by atoms with van der Waals surface area (Å²) in [6.45, 7) is 6.73. The molecule has 0 saturated carbocycles. The Morgan fingerprint density at radius 2 is 1.50 bits per heavy atom. The maximum absolute atomic E-state index is 6.06. The zero-order valence-corrected chi connectivity index (χ0v) is 23.7. The number of methoxy groups -OCH3 is 2. The molecule has 1 aromatic heterocycles. The van der Waals surface area contributed by atoms with E-state index in [2.05, 4.69) is 53.9 Å². The summed E-state index contributed by atoms with van der Waals surface area (Å²) in [5.41, 5.74) is 4.95. The van der Waals surface area contributed by atoms with Crippen LogP contribution in [-0.4, -0.2) is 50.6 Å². The molecule has 0 aliphatic rings. The number of terminal acetylenes is 1. The van der Waals surface area contributed by atoms with E-state index in [0.29, 0.717) is 50.4 Å². The fraction of sp³-hybridized carbons (Fsp3) is 0.333. The number of ether oxygens (including phenoxy) is 4. The van der Waals surface area contributed by atoms with E-state index in [9.17, 15) is 0 Å². The molecule has 0 bridgehead atoms. The number of anilines is 2. The summed E-state index contributed by atoms with van der Waals surface area (Å²) >= 11 is 0. The van der Waals surface area contributed by atoms with Gasteiger partial charge < -0.3 is 23.8 Å². The van der Waals surface area contributed by atoms with Gasteiger partial charge in [-0.15, -0.1) is 6.42 Å². The van der Waals surface area contributed by atoms with Crippen LogP contribution in [0.2, 0.25) is 0 Å². The molecule has 0 fully saturated rings. The van der Waals surface area contributed by atoms with Crippen molar-refractivity contribution in [1.29, 1.82) is 0 Å². The zero-order chi connectivity index (χ0) is 28.3. The van der Waals surface area contributed by atoms with Gasteiger partial charge in [-0.25, -0.2) is 9.97 Å². The molecule has 4 aromatic rings. The first-order valence-corrected chi connectivity index (χ1v) is 13.5. The SMILES string of the molecule is C#Cc1cccc(N(Cc2ccc(CC(C)C)cc2)c2ncnc3cc(OCCOC)c(OCCOC)cc23)c1. The van der Waals surface area contributed by atoms with E-state index < -0.39 is 0 Å². The molecule has 4 rings (SSSR count). The molecule has 0 aliphatic carbocycles. The van der Waals surface area contributed by atoms with E-state index in [4.69, 9.17) is 30.4 Å². The smallest absolute Gasteiger partial charge is 0.163 e. The van der Waals surface area contributed by atoms with Gasteiger partial charge in [0, 0.05) is 43.5 Å². The number of fused-ring (bicyclic) bond motifs is 1. The molecular weight excluding hydrogens is 502 g/mol. The minimum Gasteiger partial charge on any atom is -0.487 e. The second-order valence-electron chi connectivity index (χ2n) is 9.89. The van der Waals surface area contributed by atoms with Gasteiger partial charge in [0.25, 0.3) is 0 Å². The molecule has 0 radical (unpaired) electrons. The Kier molecular flexibility index (Phi) is 10.3. The molecular formula is C33H37N3O4. The molecule has 0 N–H and O–H groups in total. The van der Waals surface area contributed by atoms with Crippen molar-refractivity contribution in [2.75, 3.05) is 45.5 Å². The van der Waals surface area contributed by atoms with E-state index in [0.717, 1.165) is 40.0 Å². The summed E-state index contributed by atoms with van der Waals surface area (Å²) in [4.78, 5) is 11.5. The molecule has 0 aliphatic heterocycles. The van der Waals surface area contributed by atoms with Gasteiger partial charge in [0.05, 0.1) is 18.7 Å². The number of benzene rings is 3. The van der Waals surface area contributed by atoms with Crippen LogP contribution in [0.4, 0.5) is 11.5 Å². The van der Waals surface area contributed by atoms with Crippen molar-refractivity contribution in [3.63, 3.8) is 0 Å². The van der Waals surface area contributed by atoms with Gasteiger partial charge in [-0.1, -0.05) is 50.1 Å². The van der Waals surface area contributed by atoms with E-state index in [1.807, 2.05) is 36.4 Å². The predicted molar refractivity (Wildman–Crippen MR) is 159 cm³/mol. The third-order valence-electron chi connectivity index (χ3n) is 6.36. The lowest BCUT2D eigenvalue weighted by Crippen LogP contribution is -2.18. The molecule has 7 nitrogen and oxygen atoms in total. The van der Waals surface area contributed by atoms with Crippen LogP contribution in [0.5, 0.6) is 11.5 Å². The van der Waals surface area contributed by atoms with E-state index in [-0.39, 0.29) is 0 Å². The Morgan fingerprint density at radius 3 is 2.15 bits per heavy atom. The van der Waals surface area contributed by atoms with E-state index in [1.54, 1.807) is 20.5 Å². The number of aromatic nitrogens is 2. The first-order chi connectivity index (χ1) is 19.5. The summed E-state index contributed by atoms with van der Waals surface area (Å²) in [6, 6.07) is 20.5. The van der Waals surface area contributed by atoms with Crippen LogP contribution in [0.25, 0.3) is 10.9 Å². The second-order valence-corrected chi connectivity index (χ2v) is 9.89. The average Bonchev–Trinajstić information content (AvgIpc) is 2.96. The molecule has 40 heavy (non-hydrogen) atoms. The van der Waals surface area contributed by atoms with Gasteiger partial charge in [0.15, 0.2) is 11.5 Å². The van der Waals surface area contributed by atoms with Crippen molar-refractivity contribution in [2.45, 2.75) is 26.8 Å². The fourth-order valence-corrected chi connectivity index (χ4v) is 4.45. The number of rotatable bonds is 14. The molecule has 0 atom stereocenters. The van der Waals surface area contributed by atoms with Gasteiger partial charge in [0.1, 0.15) is 25.4 Å². The normalized spacial score (nSPS) is 11.0. The van der Waals surface area contributed by atoms with Gasteiger partial charge in [-0.3, -0.25) is 0 Å². The van der Waals surface area contributed by atoms with Crippen molar-refractivity contribution in [1.82, 2.24) is 9.97 Å². The minimum atomic E-state index is 0.377. The van der Waals surface area contributed by atoms with Crippen LogP contribution in [0, 0.1) is 18.3 Å². The van der Waals surface area contributed by atoms with Gasteiger partial charge in [0.2, 0.25) is 0 Å². The lowest BCUT2D eigenvalue weighted by molar-refractivity contribution is 0.132. The maximum atomic E-state index is 6.06. The highest BCUT2D eigenvalue weighted by Crippen LogP contribution is 2.38. The van der Waals surface area contributed by atoms with Crippen LogP contribution >= 0.6 is 0 Å². The molecule has 3 aromatic carbocycles. The van der Waals surface area contributed by atoms with E-state index >= 15 is 0 Å². The molecule has 0 amide bonds. The largest absolute Gasteiger partial charge is 0.487 e. The Morgan fingerprint density at radius 1 is 0.825 bits per heavy atom. The fourth-order valence-electron chi connectivity index (χ4n) is 4.45. The standard InChI is InChI=1S/C33H37N3O4/c1-6-25-8-7-9-28(19-25)36(22-27-12-10-26(11-13-27)18-24(2)3)33-29-20-31(39-16-14-37-4)32(40-17-15-38-5)21-30(29)34-23-35-33/h1,7-13,19-21,23-24H,14-18,22H2,2-5H3. The first kappa shape index (κ1) is 28.9. The highest BCUT2D eigenvalue weighted by atomic mass is 16.5. The minimum absolute atomic E-state index is 0.377. The average molecular weight is 540 g/mol. The Labute approximate surface area is 237 Å². The van der Waals surface area contributed by atoms with Crippen molar-refractivity contribution in [3.8, 4) is 23.8 Å². The lowest BCUT2D eigenvalue weighted by Gasteiger charge is -2.26. The van der Waals surface area contributed by atoms with Crippen molar-refractivity contribution >= 4 is 22.4 Å². The zero-order valence-electron chi connectivity index (χ0n) is 23.7. The van der Waals surface area contributed by atoms with Gasteiger partial charge in [-0.2, -0.15) is 0 Å². The molecule has 0 saturated heterocycles. The van der Waals surface area contributed by atoms with E-state index in [1.165, 1.54) is 5.56 Å². The number of nitrogens with zero attached hydrogens (tertiary/aromatic N) is 3. The Balaban J connectivity index is 1.79. The predicted octanol–water partition coefficient (Wildman–Crippen LogP) is 6.20. The highest BCUT2D eigenvalue weighted by molar-refractivity contribution is 5.93. The molecule has 208 valence electrons. The summed E-state index contributed by atoms with van der Waals surface area (Å²) in [6.07, 6.45) is 8.38. The third-order valence-corrected chi connectivity index (χ3v) is 6.36. The highest BCUT2D eigenvalue weighted by Gasteiger charge is 2.19. The van der Waals surface area contributed by atoms with Gasteiger partial charge >= 0.3 is 0 Å². The molecule has 1 heterocycles. The molecule has 0 unspecified atom stereocenters. The van der Waals surface area contributed by atoms with Crippen LogP contribution in [0.15, 0.2) is 67.0 Å². The summed E-state index contributed by atoms with van der Waals surface area (Å²) in [7, 11) is 3.28. The number of hydrogen-bond acceptors (Lipinski definition) is 7. The van der Waals surface area contributed by atoms with Gasteiger partial charge in [-0.05, 0) is 47.7 Å². The van der Waals surface area contributed by atoms with Crippen LogP contribution < -0.4 is 14.4 Å². The Hall–Kier alpha value is -4.12. The first-order valence-electron chi connectivity index (χ1n) is 13.5. The number of hydrogen-bond donors (Lipinski definition) is 0. The quantitative estimate of drug-likeness (QED) is 0.140. The van der Waals surface area contributed by atoms with Crippen molar-refractivity contribution in [2.24, 2.45) is 5.92 Å². The van der Waals surface area contributed by atoms with Crippen molar-refractivity contribution in [3.05, 3.63) is 83.7 Å². The topological polar surface area (TPSA) is 65.9 Å². The molecule has 0 spiro atoms. The Bertz CT molecular complexity index is 1430. The van der Waals surface area contributed by atoms with Crippen molar-refractivity contribution < 1.29 is 18.9 Å². The maximum Gasteiger partial charge on any atom is 0.163 e. The lowest BCUT2D eigenvalue weighted by atomic mass is 10.0. The monoisotopic (exact) mass is 539 g/mol. The second kappa shape index (κ2) is 14.3. The third kappa shape index (κ3) is 7.50. The summed E-state index contributed by atoms with van der Waals surface area (Å²) in [5, 5.41) is 0.830. The summed E-state index contributed by atoms with van der Waals surface area (Å²) in [5.74, 6) is 5.27.